The fraction of sp³-hybridized carbons (Fsp3) is 0.231. The first-order valence-electron chi connectivity index (χ1n) is 11.3. The molecule has 2 aromatic heterocycles. The van der Waals surface area contributed by atoms with E-state index in [4.69, 9.17) is 4.98 Å². The monoisotopic (exact) mass is 472 g/mol. The van der Waals surface area contributed by atoms with Crippen molar-refractivity contribution >= 4 is 33.0 Å². The zero-order chi connectivity index (χ0) is 23.6. The summed E-state index contributed by atoms with van der Waals surface area (Å²) < 4.78 is 31.5. The van der Waals surface area contributed by atoms with Crippen molar-refractivity contribution in [1.82, 2.24) is 9.38 Å². The van der Waals surface area contributed by atoms with Crippen molar-refractivity contribution in [2.24, 2.45) is 0 Å². The SMILES string of the molecule is Cc1ccn2cc(-c3ccc(C)c(NS(=O)(=O)c4cc5c6c(c4)CCN6C(=O)CC5)c3)nc2c1. The number of aryl methyl sites for hydroxylation is 3. The summed E-state index contributed by atoms with van der Waals surface area (Å²) in [5.74, 6) is 0.120. The van der Waals surface area contributed by atoms with E-state index in [9.17, 15) is 13.2 Å². The molecule has 2 aliphatic heterocycles. The topological polar surface area (TPSA) is 83.8 Å². The third-order valence-corrected chi connectivity index (χ3v) is 8.07. The Bertz CT molecular complexity index is 1600. The van der Waals surface area contributed by atoms with Gasteiger partial charge in [-0.05, 0) is 79.3 Å². The Balaban J connectivity index is 1.36. The van der Waals surface area contributed by atoms with E-state index in [1.807, 2.05) is 61.0 Å². The van der Waals surface area contributed by atoms with Gasteiger partial charge < -0.3 is 9.30 Å². The lowest BCUT2D eigenvalue weighted by atomic mass is 10.00. The number of nitrogens with one attached hydrogen (secondary N) is 1. The van der Waals surface area contributed by atoms with Crippen LogP contribution in [0.2, 0.25) is 0 Å². The van der Waals surface area contributed by atoms with E-state index in [-0.39, 0.29) is 10.8 Å². The van der Waals surface area contributed by atoms with Crippen molar-refractivity contribution in [3.63, 3.8) is 0 Å². The van der Waals surface area contributed by atoms with Gasteiger partial charge in [-0.3, -0.25) is 9.52 Å². The third-order valence-electron chi connectivity index (χ3n) is 6.73. The lowest BCUT2D eigenvalue weighted by Crippen LogP contribution is -2.33. The molecule has 34 heavy (non-hydrogen) atoms. The molecular weight excluding hydrogens is 448 g/mol. The van der Waals surface area contributed by atoms with Gasteiger partial charge in [0.05, 0.1) is 22.0 Å². The zero-order valence-electron chi connectivity index (χ0n) is 19.0. The van der Waals surface area contributed by atoms with Crippen LogP contribution in [0, 0.1) is 13.8 Å². The Labute approximate surface area is 198 Å². The van der Waals surface area contributed by atoms with Gasteiger partial charge in [0.1, 0.15) is 5.65 Å². The average Bonchev–Trinajstić information content (AvgIpc) is 3.42. The number of fused-ring (bicyclic) bond motifs is 1. The molecule has 172 valence electrons. The molecule has 4 aromatic rings. The van der Waals surface area contributed by atoms with Crippen LogP contribution in [0.15, 0.2) is 59.8 Å². The molecule has 0 bridgehead atoms. The summed E-state index contributed by atoms with van der Waals surface area (Å²) in [6.45, 7) is 4.53. The number of hydrogen-bond acceptors (Lipinski definition) is 4. The maximum absolute atomic E-state index is 13.4. The van der Waals surface area contributed by atoms with Crippen LogP contribution in [0.5, 0.6) is 0 Å². The van der Waals surface area contributed by atoms with Crippen LogP contribution in [0.4, 0.5) is 11.4 Å². The van der Waals surface area contributed by atoms with Gasteiger partial charge >= 0.3 is 0 Å². The van der Waals surface area contributed by atoms with Gasteiger partial charge in [0, 0.05) is 30.9 Å². The standard InChI is InChI=1S/C26H24N4O3S/c1-16-7-9-29-15-23(27-24(29)11-16)18-4-3-17(2)22(14-18)28-34(32,33)21-12-19-5-6-25(31)30-10-8-20(13-21)26(19)30/h3-4,7,9,11-15,28H,5-6,8,10H2,1-2H3. The highest BCUT2D eigenvalue weighted by atomic mass is 32.2. The highest BCUT2D eigenvalue weighted by Crippen LogP contribution is 2.39. The summed E-state index contributed by atoms with van der Waals surface area (Å²) in [4.78, 5) is 18.9. The van der Waals surface area contributed by atoms with Gasteiger partial charge in [-0.2, -0.15) is 0 Å². The minimum Gasteiger partial charge on any atom is -0.312 e. The van der Waals surface area contributed by atoms with Crippen molar-refractivity contribution < 1.29 is 13.2 Å². The molecule has 1 N–H and O–H groups in total. The van der Waals surface area contributed by atoms with Gasteiger partial charge in [-0.25, -0.2) is 13.4 Å². The predicted octanol–water partition coefficient (Wildman–Crippen LogP) is 4.25. The number of amides is 1. The predicted molar refractivity (Wildman–Crippen MR) is 132 cm³/mol. The smallest absolute Gasteiger partial charge is 0.261 e. The van der Waals surface area contributed by atoms with Crippen molar-refractivity contribution in [3.05, 3.63) is 77.1 Å². The molecule has 0 saturated heterocycles. The average molecular weight is 473 g/mol. The molecule has 6 rings (SSSR count). The van der Waals surface area contributed by atoms with E-state index >= 15 is 0 Å². The molecule has 4 heterocycles. The van der Waals surface area contributed by atoms with Crippen LogP contribution < -0.4 is 9.62 Å². The van der Waals surface area contributed by atoms with Gasteiger partial charge in [0.15, 0.2) is 0 Å². The van der Waals surface area contributed by atoms with Crippen LogP contribution in [0.3, 0.4) is 0 Å². The van der Waals surface area contributed by atoms with Gasteiger partial charge in [-0.1, -0.05) is 12.1 Å². The molecule has 0 unspecified atom stereocenters. The quantitative estimate of drug-likeness (QED) is 0.481. The molecule has 8 heteroatoms. The largest absolute Gasteiger partial charge is 0.312 e. The Morgan fingerprint density at radius 3 is 2.59 bits per heavy atom. The maximum atomic E-state index is 13.4. The zero-order valence-corrected chi connectivity index (χ0v) is 19.8. The van der Waals surface area contributed by atoms with Gasteiger partial charge in [0.25, 0.3) is 10.0 Å². The summed E-state index contributed by atoms with van der Waals surface area (Å²) in [6.07, 6.45) is 5.58. The van der Waals surface area contributed by atoms with Crippen molar-refractivity contribution in [1.29, 1.82) is 0 Å². The maximum Gasteiger partial charge on any atom is 0.261 e. The number of aromatic nitrogens is 2. The molecular formula is C26H24N4O3S. The number of anilines is 2. The van der Waals surface area contributed by atoms with Crippen LogP contribution in [-0.2, 0) is 27.7 Å². The fourth-order valence-electron chi connectivity index (χ4n) is 4.90. The normalized spacial score (nSPS) is 15.1. The number of sulfonamides is 1. The fourth-order valence-corrected chi connectivity index (χ4v) is 6.12. The van der Waals surface area contributed by atoms with Crippen LogP contribution in [-0.4, -0.2) is 30.3 Å². The first-order chi connectivity index (χ1) is 16.3. The number of rotatable bonds is 4. The highest BCUT2D eigenvalue weighted by molar-refractivity contribution is 7.92. The first kappa shape index (κ1) is 20.9. The second-order valence-corrected chi connectivity index (χ2v) is 10.8. The number of carbonyl (C=O) groups is 1. The van der Waals surface area contributed by atoms with E-state index in [0.29, 0.717) is 31.5 Å². The lowest BCUT2D eigenvalue weighted by molar-refractivity contribution is -0.118. The molecule has 0 saturated carbocycles. The summed E-state index contributed by atoms with van der Waals surface area (Å²) >= 11 is 0. The van der Waals surface area contributed by atoms with Crippen LogP contribution >= 0.6 is 0 Å². The van der Waals surface area contributed by atoms with E-state index in [1.165, 1.54) is 0 Å². The number of pyridine rings is 1. The molecule has 0 aliphatic carbocycles. The second kappa shape index (κ2) is 7.43. The molecule has 2 aromatic carbocycles. The summed E-state index contributed by atoms with van der Waals surface area (Å²) in [6, 6.07) is 13.1. The summed E-state index contributed by atoms with van der Waals surface area (Å²) in [7, 11) is -3.81. The molecule has 2 aliphatic rings. The van der Waals surface area contributed by atoms with E-state index in [1.54, 1.807) is 17.0 Å². The summed E-state index contributed by atoms with van der Waals surface area (Å²) in [5, 5.41) is 0. The second-order valence-electron chi connectivity index (χ2n) is 9.12. The molecule has 0 radical (unpaired) electrons. The Kier molecular flexibility index (Phi) is 4.57. The number of imidazole rings is 1. The first-order valence-corrected chi connectivity index (χ1v) is 12.8. The summed E-state index contributed by atoms with van der Waals surface area (Å²) in [5.41, 5.74) is 7.70. The van der Waals surface area contributed by atoms with Gasteiger partial charge in [-0.15, -0.1) is 0 Å². The molecule has 0 atom stereocenters. The Morgan fingerprint density at radius 1 is 0.971 bits per heavy atom. The number of carbonyl (C=O) groups excluding carboxylic acids is 1. The number of nitrogens with zero attached hydrogens (tertiary/aromatic N) is 3. The molecule has 1 amide bonds. The van der Waals surface area contributed by atoms with Crippen molar-refractivity contribution in [2.75, 3.05) is 16.2 Å². The third kappa shape index (κ3) is 3.37. The molecule has 7 nitrogen and oxygen atoms in total. The van der Waals surface area contributed by atoms with E-state index < -0.39 is 10.0 Å². The Hall–Kier alpha value is -3.65. The van der Waals surface area contributed by atoms with E-state index in [0.717, 1.165) is 44.8 Å². The minimum absolute atomic E-state index is 0.120. The van der Waals surface area contributed by atoms with Crippen LogP contribution in [0.25, 0.3) is 16.9 Å². The Morgan fingerprint density at radius 2 is 1.76 bits per heavy atom. The van der Waals surface area contributed by atoms with Crippen molar-refractivity contribution in [3.8, 4) is 11.3 Å². The van der Waals surface area contributed by atoms with Crippen LogP contribution in [0.1, 0.15) is 28.7 Å². The minimum atomic E-state index is -3.81. The number of hydrogen-bond donors (Lipinski definition) is 1. The number of benzene rings is 2. The highest BCUT2D eigenvalue weighted by Gasteiger charge is 2.33. The lowest BCUT2D eigenvalue weighted by Gasteiger charge is -2.25. The molecule has 0 fully saturated rings. The molecule has 0 spiro atoms. The van der Waals surface area contributed by atoms with E-state index in [2.05, 4.69) is 4.72 Å². The van der Waals surface area contributed by atoms with Crippen molar-refractivity contribution in [2.45, 2.75) is 38.0 Å². The van der Waals surface area contributed by atoms with Gasteiger partial charge in [0.2, 0.25) is 5.91 Å².